The summed E-state index contributed by atoms with van der Waals surface area (Å²) in [5.41, 5.74) is 0. The summed E-state index contributed by atoms with van der Waals surface area (Å²) in [5, 5.41) is 41.3. The number of nitrogens with one attached hydrogen (secondary N) is 7. The van der Waals surface area contributed by atoms with Gasteiger partial charge >= 0.3 is 0 Å². The standard InChI is InChI=1S/C46H92N8O4S3/c1-3-5-7-9-11-13-15-17-19-21-23-25-38-54(39-26-24-22-20-18-16-14-12-10-8-6-4-2)43(58)30-29-42(57)47-32-33-49-45(60)51-36-37-53-46(61)52-35-34-50-44(59)48-31-27-28-41(56)40-55/h41,55-56H,3-40H2,1-2H3,(H,47,57)(H2,48,50,59)(H2,49,51,60)(H2,52,53,61). The van der Waals surface area contributed by atoms with E-state index in [1.54, 1.807) is 0 Å². The van der Waals surface area contributed by atoms with Crippen LogP contribution in [0.2, 0.25) is 0 Å². The van der Waals surface area contributed by atoms with Gasteiger partial charge in [0.1, 0.15) is 0 Å². The highest BCUT2D eigenvalue weighted by Gasteiger charge is 2.15. The average Bonchev–Trinajstić information content (AvgIpc) is 3.25. The zero-order chi connectivity index (χ0) is 44.9. The summed E-state index contributed by atoms with van der Waals surface area (Å²) >= 11 is 15.9. The predicted octanol–water partition coefficient (Wildman–Crippen LogP) is 7.64. The highest BCUT2D eigenvalue weighted by atomic mass is 32.1. The third-order valence-corrected chi connectivity index (χ3v) is 11.7. The molecular weight excluding hydrogens is 825 g/mol. The molecule has 15 heteroatoms. The van der Waals surface area contributed by atoms with E-state index in [1.165, 1.54) is 141 Å². The number of carbonyl (C=O) groups excluding carboxylic acids is 2. The fourth-order valence-corrected chi connectivity index (χ4v) is 7.63. The first kappa shape index (κ1) is 58.9. The van der Waals surface area contributed by atoms with Crippen molar-refractivity contribution in [2.45, 2.75) is 200 Å². The van der Waals surface area contributed by atoms with E-state index in [-0.39, 0.29) is 31.3 Å². The second kappa shape index (κ2) is 45.9. The first-order valence-electron chi connectivity index (χ1n) is 24.6. The summed E-state index contributed by atoms with van der Waals surface area (Å²) in [6, 6.07) is 0. The molecule has 1 atom stereocenters. The Hall–Kier alpha value is -2.07. The number of hydrogen-bond acceptors (Lipinski definition) is 7. The van der Waals surface area contributed by atoms with Gasteiger partial charge < -0.3 is 52.3 Å². The van der Waals surface area contributed by atoms with Crippen molar-refractivity contribution in [3.8, 4) is 0 Å². The summed E-state index contributed by atoms with van der Waals surface area (Å²) in [6.45, 7) is 9.74. The van der Waals surface area contributed by atoms with Gasteiger partial charge in [-0.2, -0.15) is 0 Å². The normalized spacial score (nSPS) is 11.4. The Balaban J connectivity index is 4.24. The van der Waals surface area contributed by atoms with Gasteiger partial charge in [0.15, 0.2) is 15.3 Å². The number of carbonyl (C=O) groups is 2. The van der Waals surface area contributed by atoms with E-state index in [1.807, 2.05) is 4.90 Å². The van der Waals surface area contributed by atoms with Crippen LogP contribution in [-0.2, 0) is 9.59 Å². The molecule has 0 heterocycles. The minimum atomic E-state index is -0.688. The summed E-state index contributed by atoms with van der Waals surface area (Å²) < 4.78 is 0. The molecule has 0 spiro atoms. The molecular formula is C46H92N8O4S3. The van der Waals surface area contributed by atoms with Gasteiger partial charge in [0, 0.05) is 71.7 Å². The number of thiocarbonyl (C=S) groups is 3. The molecule has 358 valence electrons. The van der Waals surface area contributed by atoms with Gasteiger partial charge in [0.25, 0.3) is 0 Å². The summed E-state index contributed by atoms with van der Waals surface area (Å²) in [4.78, 5) is 28.0. The Bertz CT molecular complexity index is 1050. The largest absolute Gasteiger partial charge is 0.394 e. The minimum absolute atomic E-state index is 0.103. The van der Waals surface area contributed by atoms with Crippen LogP contribution < -0.4 is 37.2 Å². The first-order chi connectivity index (χ1) is 29.7. The Kier molecular flexibility index (Phi) is 44.4. The van der Waals surface area contributed by atoms with Crippen molar-refractivity contribution in [3.63, 3.8) is 0 Å². The molecule has 61 heavy (non-hydrogen) atoms. The molecule has 0 aliphatic heterocycles. The highest BCUT2D eigenvalue weighted by Crippen LogP contribution is 2.15. The van der Waals surface area contributed by atoms with E-state index in [9.17, 15) is 14.7 Å². The van der Waals surface area contributed by atoms with Crippen molar-refractivity contribution in [1.29, 1.82) is 0 Å². The summed E-state index contributed by atoms with van der Waals surface area (Å²) in [7, 11) is 0. The molecule has 0 rings (SSSR count). The Morgan fingerprint density at radius 3 is 1.10 bits per heavy atom. The third kappa shape index (κ3) is 43.0. The molecule has 0 aromatic carbocycles. The maximum Gasteiger partial charge on any atom is 0.223 e. The third-order valence-electron chi connectivity index (χ3n) is 10.8. The van der Waals surface area contributed by atoms with Gasteiger partial charge in [-0.1, -0.05) is 155 Å². The molecule has 0 fully saturated rings. The van der Waals surface area contributed by atoms with Crippen LogP contribution in [0.25, 0.3) is 0 Å². The lowest BCUT2D eigenvalue weighted by atomic mass is 10.0. The topological polar surface area (TPSA) is 162 Å². The van der Waals surface area contributed by atoms with E-state index < -0.39 is 6.10 Å². The second-order valence-corrected chi connectivity index (χ2v) is 17.8. The minimum Gasteiger partial charge on any atom is -0.394 e. The molecule has 0 bridgehead atoms. The van der Waals surface area contributed by atoms with Gasteiger partial charge in [0.2, 0.25) is 11.8 Å². The lowest BCUT2D eigenvalue weighted by Gasteiger charge is -2.23. The first-order valence-corrected chi connectivity index (χ1v) is 25.8. The number of nitrogens with zero attached hydrogens (tertiary/aromatic N) is 1. The van der Waals surface area contributed by atoms with Crippen LogP contribution in [0.3, 0.4) is 0 Å². The molecule has 0 aromatic rings. The van der Waals surface area contributed by atoms with E-state index >= 15 is 0 Å². The lowest BCUT2D eigenvalue weighted by molar-refractivity contribution is -0.133. The highest BCUT2D eigenvalue weighted by molar-refractivity contribution is 7.80. The fraction of sp³-hybridized carbons (Fsp3) is 0.891. The van der Waals surface area contributed by atoms with Crippen molar-refractivity contribution < 1.29 is 19.8 Å². The molecule has 9 N–H and O–H groups in total. The molecule has 0 radical (unpaired) electrons. The quantitative estimate of drug-likeness (QED) is 0.0217. The molecule has 12 nitrogen and oxygen atoms in total. The zero-order valence-corrected chi connectivity index (χ0v) is 41.3. The number of aliphatic hydroxyl groups excluding tert-OH is 2. The van der Waals surface area contributed by atoms with Crippen molar-refractivity contribution in [2.24, 2.45) is 0 Å². The molecule has 0 aliphatic carbocycles. The smallest absolute Gasteiger partial charge is 0.223 e. The molecule has 0 aromatic heterocycles. The molecule has 0 saturated heterocycles. The SMILES string of the molecule is CCCCCCCCCCCCCCN(CCCCCCCCCCCCCC)C(=O)CCC(=O)NCCNC(=S)NCCNC(=S)NCCNC(=S)NCCCC(O)CO. The van der Waals surface area contributed by atoms with Crippen molar-refractivity contribution in [2.75, 3.05) is 65.5 Å². The molecule has 2 amide bonds. The number of amides is 2. The predicted molar refractivity (Wildman–Crippen MR) is 269 cm³/mol. The molecule has 0 saturated carbocycles. The van der Waals surface area contributed by atoms with Gasteiger partial charge in [-0.05, 0) is 62.3 Å². The van der Waals surface area contributed by atoms with Crippen molar-refractivity contribution >= 4 is 63.8 Å². The van der Waals surface area contributed by atoms with Crippen LogP contribution in [0.15, 0.2) is 0 Å². The molecule has 1 unspecified atom stereocenters. The monoisotopic (exact) mass is 917 g/mol. The second-order valence-electron chi connectivity index (χ2n) is 16.5. The van der Waals surface area contributed by atoms with Gasteiger partial charge in [-0.3, -0.25) is 9.59 Å². The van der Waals surface area contributed by atoms with Gasteiger partial charge in [0.05, 0.1) is 12.7 Å². The van der Waals surface area contributed by atoms with Gasteiger partial charge in [-0.15, -0.1) is 0 Å². The van der Waals surface area contributed by atoms with Crippen molar-refractivity contribution in [3.05, 3.63) is 0 Å². The van der Waals surface area contributed by atoms with Crippen LogP contribution in [0.4, 0.5) is 0 Å². The van der Waals surface area contributed by atoms with Crippen LogP contribution in [0, 0.1) is 0 Å². The van der Waals surface area contributed by atoms with Crippen LogP contribution in [0.5, 0.6) is 0 Å². The van der Waals surface area contributed by atoms with E-state index in [0.717, 1.165) is 25.9 Å². The van der Waals surface area contributed by atoms with E-state index in [2.05, 4.69) is 51.1 Å². The number of rotatable bonds is 43. The molecule has 0 aliphatic rings. The summed E-state index contributed by atoms with van der Waals surface area (Å²) in [6.07, 6.45) is 32.2. The van der Waals surface area contributed by atoms with Crippen LogP contribution in [-0.4, -0.2) is 114 Å². The van der Waals surface area contributed by atoms with Crippen LogP contribution >= 0.6 is 36.7 Å². The maximum absolute atomic E-state index is 13.3. The van der Waals surface area contributed by atoms with Crippen molar-refractivity contribution in [1.82, 2.24) is 42.1 Å². The number of aliphatic hydroxyl groups is 2. The maximum atomic E-state index is 13.3. The number of hydrogen-bond donors (Lipinski definition) is 9. The summed E-state index contributed by atoms with van der Waals surface area (Å²) in [5.74, 6) is -0.00993. The average molecular weight is 917 g/mol. The number of unbranched alkanes of at least 4 members (excludes halogenated alkanes) is 22. The lowest BCUT2D eigenvalue weighted by Crippen LogP contribution is -2.45. The van der Waals surface area contributed by atoms with E-state index in [4.69, 9.17) is 41.8 Å². The Morgan fingerprint density at radius 1 is 0.443 bits per heavy atom. The Morgan fingerprint density at radius 2 is 0.754 bits per heavy atom. The van der Waals surface area contributed by atoms with Crippen LogP contribution in [0.1, 0.15) is 194 Å². The fourth-order valence-electron chi connectivity index (χ4n) is 7.02. The van der Waals surface area contributed by atoms with Gasteiger partial charge in [-0.25, -0.2) is 0 Å². The zero-order valence-electron chi connectivity index (χ0n) is 38.8. The Labute approximate surface area is 389 Å². The van der Waals surface area contributed by atoms with E-state index in [0.29, 0.717) is 74.0 Å².